The van der Waals surface area contributed by atoms with Gasteiger partial charge >= 0.3 is 6.03 Å². The van der Waals surface area contributed by atoms with Gasteiger partial charge in [0.2, 0.25) is 0 Å². The Kier molecular flexibility index (Phi) is 4.97. The van der Waals surface area contributed by atoms with E-state index in [1.165, 1.54) is 0 Å². The summed E-state index contributed by atoms with van der Waals surface area (Å²) in [4.78, 5) is 11.6. The molecule has 1 rings (SSSR count). The summed E-state index contributed by atoms with van der Waals surface area (Å²) in [6, 6.07) is 7.29. The summed E-state index contributed by atoms with van der Waals surface area (Å²) in [6.45, 7) is 5.56. The van der Waals surface area contributed by atoms with Crippen molar-refractivity contribution in [3.05, 3.63) is 29.8 Å². The molecule has 2 amide bonds. The maximum atomic E-state index is 11.6. The summed E-state index contributed by atoms with van der Waals surface area (Å²) < 4.78 is 0. The van der Waals surface area contributed by atoms with Crippen molar-refractivity contribution in [1.29, 1.82) is 0 Å². The van der Waals surface area contributed by atoms with Crippen LogP contribution in [0.25, 0.3) is 0 Å². The Morgan fingerprint density at radius 1 is 1.29 bits per heavy atom. The van der Waals surface area contributed by atoms with Crippen LogP contribution in [0, 0.1) is 6.92 Å². The number of benzene rings is 1. The highest BCUT2D eigenvalue weighted by molar-refractivity contribution is 5.89. The van der Waals surface area contributed by atoms with Crippen LogP contribution in [0.5, 0.6) is 0 Å². The number of carbonyl (C=O) groups excluding carboxylic acids is 1. The average molecular weight is 236 g/mol. The predicted molar refractivity (Wildman–Crippen MR) is 69.1 cm³/mol. The van der Waals surface area contributed by atoms with Gasteiger partial charge < -0.3 is 15.7 Å². The lowest BCUT2D eigenvalue weighted by molar-refractivity contribution is 0.171. The van der Waals surface area contributed by atoms with Crippen molar-refractivity contribution in [1.82, 2.24) is 5.32 Å². The number of rotatable bonds is 4. The summed E-state index contributed by atoms with van der Waals surface area (Å²) in [6.07, 6.45) is 0.131. The highest BCUT2D eigenvalue weighted by atomic mass is 16.3. The van der Waals surface area contributed by atoms with Crippen LogP contribution >= 0.6 is 0 Å². The summed E-state index contributed by atoms with van der Waals surface area (Å²) in [5.41, 5.74) is 1.91. The van der Waals surface area contributed by atoms with Crippen LogP contribution in [-0.2, 0) is 0 Å². The van der Waals surface area contributed by atoms with Crippen molar-refractivity contribution >= 4 is 11.7 Å². The Labute approximate surface area is 102 Å². The molecule has 3 N–H and O–H groups in total. The van der Waals surface area contributed by atoms with Gasteiger partial charge in [0.1, 0.15) is 0 Å². The normalized spacial score (nSPS) is 13.9. The van der Waals surface area contributed by atoms with E-state index in [1.54, 1.807) is 6.92 Å². The van der Waals surface area contributed by atoms with Crippen molar-refractivity contribution in [2.45, 2.75) is 39.3 Å². The third kappa shape index (κ3) is 5.36. The maximum Gasteiger partial charge on any atom is 0.319 e. The monoisotopic (exact) mass is 236 g/mol. The van der Waals surface area contributed by atoms with Gasteiger partial charge in [-0.15, -0.1) is 0 Å². The van der Waals surface area contributed by atoms with Crippen LogP contribution in [0.4, 0.5) is 10.5 Å². The van der Waals surface area contributed by atoms with E-state index in [9.17, 15) is 9.90 Å². The first kappa shape index (κ1) is 13.5. The van der Waals surface area contributed by atoms with Gasteiger partial charge in [-0.2, -0.15) is 0 Å². The predicted octanol–water partition coefficient (Wildman–Crippen LogP) is 2.28. The Hall–Kier alpha value is -1.55. The van der Waals surface area contributed by atoms with Gasteiger partial charge in [-0.3, -0.25) is 0 Å². The van der Waals surface area contributed by atoms with Crippen LogP contribution in [0.2, 0.25) is 0 Å². The van der Waals surface area contributed by atoms with E-state index < -0.39 is 6.10 Å². The van der Waals surface area contributed by atoms with Gasteiger partial charge in [0.05, 0.1) is 6.10 Å². The van der Waals surface area contributed by atoms with Crippen molar-refractivity contribution in [2.24, 2.45) is 0 Å². The van der Waals surface area contributed by atoms with Crippen molar-refractivity contribution in [3.8, 4) is 0 Å². The van der Waals surface area contributed by atoms with Gasteiger partial charge in [0, 0.05) is 11.7 Å². The third-order valence-electron chi connectivity index (χ3n) is 2.38. The molecule has 2 unspecified atom stereocenters. The fraction of sp³-hybridized carbons (Fsp3) is 0.462. The highest BCUT2D eigenvalue weighted by Crippen LogP contribution is 2.08. The first-order valence-electron chi connectivity index (χ1n) is 5.79. The minimum absolute atomic E-state index is 0.0551. The largest absolute Gasteiger partial charge is 0.393 e. The number of urea groups is 1. The van der Waals surface area contributed by atoms with Gasteiger partial charge in [-0.05, 0) is 39.3 Å². The van der Waals surface area contributed by atoms with Gasteiger partial charge in [-0.1, -0.05) is 17.7 Å². The molecular weight excluding hydrogens is 216 g/mol. The zero-order valence-electron chi connectivity index (χ0n) is 10.5. The second-order valence-electron chi connectivity index (χ2n) is 4.45. The fourth-order valence-electron chi connectivity index (χ4n) is 1.60. The summed E-state index contributed by atoms with van der Waals surface area (Å²) in [5.74, 6) is 0. The number of nitrogens with one attached hydrogen (secondary N) is 2. The molecule has 1 aromatic carbocycles. The summed E-state index contributed by atoms with van der Waals surface area (Å²) >= 11 is 0. The highest BCUT2D eigenvalue weighted by Gasteiger charge is 2.09. The van der Waals surface area contributed by atoms with E-state index in [2.05, 4.69) is 10.6 Å². The zero-order valence-corrected chi connectivity index (χ0v) is 10.5. The Bertz CT molecular complexity index is 360. The average Bonchev–Trinajstić information content (AvgIpc) is 2.19. The molecule has 0 aliphatic heterocycles. The molecule has 0 aromatic heterocycles. The lowest BCUT2D eigenvalue weighted by Crippen LogP contribution is -2.37. The molecule has 0 bridgehead atoms. The standard InChI is InChI=1S/C13H20N2O2/c1-9-4-6-12(7-5-9)15-13(17)14-10(2)8-11(3)16/h4-7,10-11,16H,8H2,1-3H3,(H2,14,15,17). The molecule has 0 saturated carbocycles. The first-order chi connectivity index (χ1) is 7.97. The second-order valence-corrected chi connectivity index (χ2v) is 4.45. The number of aliphatic hydroxyl groups is 1. The molecule has 17 heavy (non-hydrogen) atoms. The van der Waals surface area contributed by atoms with Crippen LogP contribution in [0.15, 0.2) is 24.3 Å². The lowest BCUT2D eigenvalue weighted by atomic mass is 10.1. The van der Waals surface area contributed by atoms with E-state index in [1.807, 2.05) is 38.1 Å². The number of anilines is 1. The molecule has 0 aliphatic rings. The third-order valence-corrected chi connectivity index (χ3v) is 2.38. The molecule has 0 heterocycles. The van der Waals surface area contributed by atoms with E-state index >= 15 is 0 Å². The Morgan fingerprint density at radius 2 is 1.88 bits per heavy atom. The molecule has 4 nitrogen and oxygen atoms in total. The van der Waals surface area contributed by atoms with Crippen LogP contribution in [0.1, 0.15) is 25.8 Å². The minimum atomic E-state index is -0.412. The molecule has 0 fully saturated rings. The minimum Gasteiger partial charge on any atom is -0.393 e. The SMILES string of the molecule is Cc1ccc(NC(=O)NC(C)CC(C)O)cc1. The maximum absolute atomic E-state index is 11.6. The van der Waals surface area contributed by atoms with E-state index in [0.29, 0.717) is 6.42 Å². The number of aliphatic hydroxyl groups excluding tert-OH is 1. The van der Waals surface area contributed by atoms with E-state index in [4.69, 9.17) is 0 Å². The number of hydrogen-bond donors (Lipinski definition) is 3. The smallest absolute Gasteiger partial charge is 0.319 e. The van der Waals surface area contributed by atoms with Crippen LogP contribution < -0.4 is 10.6 Å². The molecule has 1 aromatic rings. The fourth-order valence-corrected chi connectivity index (χ4v) is 1.60. The molecular formula is C13H20N2O2. The van der Waals surface area contributed by atoms with Crippen LogP contribution in [-0.4, -0.2) is 23.3 Å². The zero-order chi connectivity index (χ0) is 12.8. The summed E-state index contributed by atoms with van der Waals surface area (Å²) in [5, 5.41) is 14.7. The second kappa shape index (κ2) is 6.25. The van der Waals surface area contributed by atoms with Crippen LogP contribution in [0.3, 0.4) is 0 Å². The van der Waals surface area contributed by atoms with Gasteiger partial charge in [0.15, 0.2) is 0 Å². The quantitative estimate of drug-likeness (QED) is 0.751. The molecule has 0 spiro atoms. The molecule has 94 valence electrons. The molecule has 4 heteroatoms. The number of carbonyl (C=O) groups is 1. The Balaban J connectivity index is 2.41. The topological polar surface area (TPSA) is 61.4 Å². The first-order valence-corrected chi connectivity index (χ1v) is 5.79. The number of amides is 2. The van der Waals surface area contributed by atoms with Crippen molar-refractivity contribution < 1.29 is 9.90 Å². The number of aryl methyl sites for hydroxylation is 1. The molecule has 0 aliphatic carbocycles. The number of hydrogen-bond acceptors (Lipinski definition) is 2. The van der Waals surface area contributed by atoms with Gasteiger partial charge in [0.25, 0.3) is 0 Å². The van der Waals surface area contributed by atoms with Gasteiger partial charge in [-0.25, -0.2) is 4.79 Å². The van der Waals surface area contributed by atoms with E-state index in [-0.39, 0.29) is 12.1 Å². The summed E-state index contributed by atoms with van der Waals surface area (Å²) in [7, 11) is 0. The van der Waals surface area contributed by atoms with Crippen molar-refractivity contribution in [2.75, 3.05) is 5.32 Å². The molecule has 0 saturated heterocycles. The van der Waals surface area contributed by atoms with E-state index in [0.717, 1.165) is 11.3 Å². The molecule has 0 radical (unpaired) electrons. The lowest BCUT2D eigenvalue weighted by Gasteiger charge is -2.16. The van der Waals surface area contributed by atoms with Crippen molar-refractivity contribution in [3.63, 3.8) is 0 Å². The molecule has 2 atom stereocenters. The Morgan fingerprint density at radius 3 is 2.41 bits per heavy atom.